The number of fused-ring (bicyclic) bond motifs is 2. The summed E-state index contributed by atoms with van der Waals surface area (Å²) < 4.78 is 53.3. The van der Waals surface area contributed by atoms with Gasteiger partial charge in [0.05, 0.1) is 23.0 Å². The van der Waals surface area contributed by atoms with Gasteiger partial charge in [-0.15, -0.1) is 0 Å². The molecule has 0 bridgehead atoms. The lowest BCUT2D eigenvalue weighted by Gasteiger charge is -2.19. The molecule has 0 atom stereocenters. The fourth-order valence-electron chi connectivity index (χ4n) is 2.97. The lowest BCUT2D eigenvalue weighted by molar-refractivity contribution is 0.0978. The number of hydrogen-bond donors (Lipinski definition) is 4. The molecule has 1 aliphatic rings. The number of carbonyl (C=O) groups is 2. The van der Waals surface area contributed by atoms with Crippen molar-refractivity contribution in [1.82, 2.24) is 9.44 Å². The van der Waals surface area contributed by atoms with Crippen LogP contribution in [0, 0.1) is 0 Å². The van der Waals surface area contributed by atoms with Crippen molar-refractivity contribution in [2.45, 2.75) is 9.79 Å². The summed E-state index contributed by atoms with van der Waals surface area (Å²) in [5.74, 6) is -1.24. The summed E-state index contributed by atoms with van der Waals surface area (Å²) in [5.41, 5.74) is -0.334. The molecule has 10 nitrogen and oxygen atoms in total. The lowest BCUT2D eigenvalue weighted by Crippen LogP contribution is -2.29. The van der Waals surface area contributed by atoms with Crippen molar-refractivity contribution in [3.05, 3.63) is 58.7 Å². The van der Waals surface area contributed by atoms with Gasteiger partial charge in [0, 0.05) is 35.3 Å². The molecule has 0 saturated carbocycles. The smallest absolute Gasteiger partial charge is 0.240 e. The van der Waals surface area contributed by atoms with Crippen LogP contribution in [0.5, 0.6) is 0 Å². The largest absolute Gasteiger partial charge is 0.395 e. The van der Waals surface area contributed by atoms with Gasteiger partial charge in [-0.25, -0.2) is 26.3 Å². The average molecular weight is 454 g/mol. The molecule has 0 spiro atoms. The number of hydrogen-bond acceptors (Lipinski definition) is 8. The third kappa shape index (κ3) is 4.05. The second kappa shape index (κ2) is 8.34. The standard InChI is InChI=1S/C18H18N2O8S2/c21-7-5-19-29(25,26)11-1-3-13-15(9-11)18(24)14-4-2-12(10-16(14)17(13)23)30(27,28)20-6-8-22/h1-4,9-10,19-22H,5-8H2. The summed E-state index contributed by atoms with van der Waals surface area (Å²) in [6.07, 6.45) is 0. The predicted octanol–water partition coefficient (Wildman–Crippen LogP) is -0.997. The Kier molecular flexibility index (Phi) is 6.17. The minimum absolute atomic E-state index is 0.0496. The Morgan fingerprint density at radius 3 is 1.33 bits per heavy atom. The van der Waals surface area contributed by atoms with Crippen LogP contribution in [0.3, 0.4) is 0 Å². The van der Waals surface area contributed by atoms with Crippen LogP contribution < -0.4 is 9.44 Å². The SMILES string of the molecule is O=C1c2ccc(S(=O)(=O)NCCO)cc2C(=O)c2ccc(S(=O)(=O)NCCO)cc21. The van der Waals surface area contributed by atoms with Gasteiger partial charge in [0.1, 0.15) is 0 Å². The lowest BCUT2D eigenvalue weighted by atomic mass is 9.84. The molecule has 0 fully saturated rings. The topological polar surface area (TPSA) is 167 Å². The molecule has 0 aliphatic heterocycles. The van der Waals surface area contributed by atoms with Gasteiger partial charge in [0.2, 0.25) is 20.0 Å². The maximum absolute atomic E-state index is 12.9. The van der Waals surface area contributed by atoms with Crippen molar-refractivity contribution in [1.29, 1.82) is 0 Å². The molecule has 4 N–H and O–H groups in total. The molecule has 0 heterocycles. The van der Waals surface area contributed by atoms with Crippen LogP contribution in [-0.4, -0.2) is 64.9 Å². The highest BCUT2D eigenvalue weighted by Gasteiger charge is 2.32. The Morgan fingerprint density at radius 1 is 0.633 bits per heavy atom. The third-order valence-electron chi connectivity index (χ3n) is 4.39. The second-order valence-corrected chi connectivity index (χ2v) is 9.85. The number of aliphatic hydroxyl groups excluding tert-OH is 2. The monoisotopic (exact) mass is 454 g/mol. The van der Waals surface area contributed by atoms with E-state index in [2.05, 4.69) is 9.44 Å². The van der Waals surface area contributed by atoms with Crippen LogP contribution in [0.15, 0.2) is 46.2 Å². The molecule has 3 rings (SSSR count). The minimum atomic E-state index is -3.99. The number of nitrogens with one attached hydrogen (secondary N) is 2. The zero-order chi connectivity index (χ0) is 22.1. The van der Waals surface area contributed by atoms with Gasteiger partial charge in [0.25, 0.3) is 0 Å². The molecule has 2 aromatic carbocycles. The number of ketones is 2. The first-order valence-electron chi connectivity index (χ1n) is 8.71. The van der Waals surface area contributed by atoms with Crippen LogP contribution in [0.25, 0.3) is 0 Å². The van der Waals surface area contributed by atoms with Gasteiger partial charge in [-0.1, -0.05) is 0 Å². The summed E-state index contributed by atoms with van der Waals surface area (Å²) in [4.78, 5) is 25.3. The van der Waals surface area contributed by atoms with E-state index in [9.17, 15) is 26.4 Å². The Labute approximate surface area is 172 Å². The molecule has 0 aromatic heterocycles. The molecule has 1 aliphatic carbocycles. The number of rotatable bonds is 8. The van der Waals surface area contributed by atoms with E-state index in [-0.39, 0.29) is 45.1 Å². The molecule has 0 radical (unpaired) electrons. The van der Waals surface area contributed by atoms with E-state index >= 15 is 0 Å². The van der Waals surface area contributed by atoms with Gasteiger partial charge in [-0.05, 0) is 36.4 Å². The van der Waals surface area contributed by atoms with Gasteiger partial charge < -0.3 is 10.2 Å². The Morgan fingerprint density at radius 2 is 1.00 bits per heavy atom. The Bertz CT molecular complexity index is 1140. The molecular weight excluding hydrogens is 436 g/mol. The Balaban J connectivity index is 2.05. The highest BCUT2D eigenvalue weighted by atomic mass is 32.2. The first-order chi connectivity index (χ1) is 14.1. The zero-order valence-corrected chi connectivity index (χ0v) is 17.1. The van der Waals surface area contributed by atoms with Crippen LogP contribution in [0.4, 0.5) is 0 Å². The first-order valence-corrected chi connectivity index (χ1v) is 11.7. The summed E-state index contributed by atoms with van der Waals surface area (Å²) in [7, 11) is -7.98. The van der Waals surface area contributed by atoms with Crippen molar-refractivity contribution in [3.8, 4) is 0 Å². The molecule has 12 heteroatoms. The van der Waals surface area contributed by atoms with Crippen LogP contribution >= 0.6 is 0 Å². The van der Waals surface area contributed by atoms with Crippen molar-refractivity contribution in [3.63, 3.8) is 0 Å². The molecule has 0 saturated heterocycles. The molecule has 0 unspecified atom stereocenters. The predicted molar refractivity (Wildman–Crippen MR) is 104 cm³/mol. The van der Waals surface area contributed by atoms with Gasteiger partial charge >= 0.3 is 0 Å². The molecule has 0 amide bonds. The van der Waals surface area contributed by atoms with Gasteiger partial charge in [0.15, 0.2) is 11.6 Å². The molecule has 30 heavy (non-hydrogen) atoms. The number of benzene rings is 2. The number of sulfonamides is 2. The fourth-order valence-corrected chi connectivity index (χ4v) is 5.06. The summed E-state index contributed by atoms with van der Waals surface area (Å²) >= 11 is 0. The average Bonchev–Trinajstić information content (AvgIpc) is 2.73. The molecule has 2 aromatic rings. The maximum Gasteiger partial charge on any atom is 0.240 e. The Hall–Kier alpha value is -2.48. The number of aliphatic hydroxyl groups is 2. The number of carbonyl (C=O) groups excluding carboxylic acids is 2. The first kappa shape index (κ1) is 22.2. The van der Waals surface area contributed by atoms with Crippen LogP contribution in [0.2, 0.25) is 0 Å². The zero-order valence-electron chi connectivity index (χ0n) is 15.5. The highest BCUT2D eigenvalue weighted by Crippen LogP contribution is 2.30. The summed E-state index contributed by atoms with van der Waals surface area (Å²) in [6, 6.07) is 6.84. The summed E-state index contributed by atoms with van der Waals surface area (Å²) in [6.45, 7) is -1.24. The fraction of sp³-hybridized carbons (Fsp3) is 0.222. The van der Waals surface area contributed by atoms with E-state index in [0.29, 0.717) is 0 Å². The van der Waals surface area contributed by atoms with Gasteiger partial charge in [-0.3, -0.25) is 9.59 Å². The minimum Gasteiger partial charge on any atom is -0.395 e. The third-order valence-corrected chi connectivity index (χ3v) is 7.31. The normalized spacial score (nSPS) is 13.8. The maximum atomic E-state index is 12.9. The van der Waals surface area contributed by atoms with E-state index in [4.69, 9.17) is 10.2 Å². The van der Waals surface area contributed by atoms with Crippen molar-refractivity contribution >= 4 is 31.6 Å². The van der Waals surface area contributed by atoms with E-state index in [1.54, 1.807) is 0 Å². The van der Waals surface area contributed by atoms with Crippen molar-refractivity contribution in [2.75, 3.05) is 26.3 Å². The highest BCUT2D eigenvalue weighted by molar-refractivity contribution is 7.89. The van der Waals surface area contributed by atoms with Crippen molar-refractivity contribution < 1.29 is 36.6 Å². The van der Waals surface area contributed by atoms with Gasteiger partial charge in [-0.2, -0.15) is 0 Å². The van der Waals surface area contributed by atoms with E-state index in [1.165, 1.54) is 12.1 Å². The second-order valence-electron chi connectivity index (χ2n) is 6.32. The van der Waals surface area contributed by atoms with E-state index in [1.807, 2.05) is 0 Å². The van der Waals surface area contributed by atoms with Crippen LogP contribution in [-0.2, 0) is 20.0 Å². The van der Waals surface area contributed by atoms with Crippen molar-refractivity contribution in [2.24, 2.45) is 0 Å². The molecule has 160 valence electrons. The quantitative estimate of drug-likeness (QED) is 0.336. The van der Waals surface area contributed by atoms with Crippen LogP contribution in [0.1, 0.15) is 31.8 Å². The van der Waals surface area contributed by atoms with E-state index < -0.39 is 44.8 Å². The molecular formula is C18H18N2O8S2. The van der Waals surface area contributed by atoms with E-state index in [0.717, 1.165) is 24.3 Å². The summed E-state index contributed by atoms with van der Waals surface area (Å²) in [5, 5.41) is 17.6.